The standard InChI is InChI=1S/C19H39N/c1-7-16(8-2)15(6)20-19-12-11-18(13-14(19)5)17(9-3)10-4/h14-20H,7-13H2,1-6H3. The largest absolute Gasteiger partial charge is 0.311 e. The maximum absolute atomic E-state index is 3.97. The Kier molecular flexibility index (Phi) is 8.17. The van der Waals surface area contributed by atoms with E-state index in [0.29, 0.717) is 6.04 Å². The van der Waals surface area contributed by atoms with Crippen LogP contribution in [0.3, 0.4) is 0 Å². The van der Waals surface area contributed by atoms with Crippen molar-refractivity contribution in [2.24, 2.45) is 23.7 Å². The van der Waals surface area contributed by atoms with Gasteiger partial charge in [-0.2, -0.15) is 0 Å². The van der Waals surface area contributed by atoms with Gasteiger partial charge in [0.2, 0.25) is 0 Å². The zero-order valence-corrected chi connectivity index (χ0v) is 14.9. The minimum absolute atomic E-state index is 0.683. The summed E-state index contributed by atoms with van der Waals surface area (Å²) in [6.07, 6.45) is 9.65. The molecule has 120 valence electrons. The van der Waals surface area contributed by atoms with Crippen LogP contribution in [0.5, 0.6) is 0 Å². The third-order valence-electron chi connectivity index (χ3n) is 6.16. The molecule has 0 heterocycles. The molecule has 0 spiro atoms. The van der Waals surface area contributed by atoms with Crippen LogP contribution >= 0.6 is 0 Å². The Bertz CT molecular complexity index is 242. The highest BCUT2D eigenvalue weighted by atomic mass is 15.0. The molecule has 0 saturated heterocycles. The van der Waals surface area contributed by atoms with Crippen LogP contribution in [0.2, 0.25) is 0 Å². The lowest BCUT2D eigenvalue weighted by Gasteiger charge is -2.40. The lowest BCUT2D eigenvalue weighted by Crippen LogP contribution is -2.47. The number of hydrogen-bond donors (Lipinski definition) is 1. The maximum Gasteiger partial charge on any atom is 0.00954 e. The van der Waals surface area contributed by atoms with Crippen molar-refractivity contribution >= 4 is 0 Å². The normalized spacial score (nSPS) is 29.1. The van der Waals surface area contributed by atoms with E-state index in [-0.39, 0.29) is 0 Å². The summed E-state index contributed by atoms with van der Waals surface area (Å²) >= 11 is 0. The van der Waals surface area contributed by atoms with Crippen LogP contribution in [-0.2, 0) is 0 Å². The minimum Gasteiger partial charge on any atom is -0.311 e. The Morgan fingerprint density at radius 3 is 2.00 bits per heavy atom. The van der Waals surface area contributed by atoms with Crippen LogP contribution < -0.4 is 5.32 Å². The van der Waals surface area contributed by atoms with Crippen molar-refractivity contribution in [2.45, 2.75) is 98.6 Å². The van der Waals surface area contributed by atoms with E-state index in [0.717, 1.165) is 29.7 Å². The van der Waals surface area contributed by atoms with Gasteiger partial charge in [0, 0.05) is 12.1 Å². The van der Waals surface area contributed by atoms with Crippen LogP contribution in [0.4, 0.5) is 0 Å². The molecule has 4 unspecified atom stereocenters. The highest BCUT2D eigenvalue weighted by Crippen LogP contribution is 2.37. The molecular weight excluding hydrogens is 242 g/mol. The van der Waals surface area contributed by atoms with Gasteiger partial charge in [0.1, 0.15) is 0 Å². The average Bonchev–Trinajstić information content (AvgIpc) is 2.44. The van der Waals surface area contributed by atoms with Gasteiger partial charge >= 0.3 is 0 Å². The Labute approximate surface area is 128 Å². The summed E-state index contributed by atoms with van der Waals surface area (Å²) in [6.45, 7) is 14.3. The van der Waals surface area contributed by atoms with Crippen molar-refractivity contribution in [1.29, 1.82) is 0 Å². The molecule has 0 aliphatic heterocycles. The van der Waals surface area contributed by atoms with E-state index in [1.807, 2.05) is 0 Å². The molecule has 0 bridgehead atoms. The minimum atomic E-state index is 0.683. The predicted molar refractivity (Wildman–Crippen MR) is 91.0 cm³/mol. The first-order valence-corrected chi connectivity index (χ1v) is 9.33. The Morgan fingerprint density at radius 2 is 1.55 bits per heavy atom. The number of hydrogen-bond acceptors (Lipinski definition) is 1. The molecule has 0 aromatic carbocycles. The van der Waals surface area contributed by atoms with Crippen molar-refractivity contribution in [2.75, 3.05) is 0 Å². The molecular formula is C19H39N. The molecule has 1 aliphatic carbocycles. The van der Waals surface area contributed by atoms with Gasteiger partial charge in [-0.15, -0.1) is 0 Å². The Balaban J connectivity index is 2.48. The first-order valence-electron chi connectivity index (χ1n) is 9.33. The van der Waals surface area contributed by atoms with E-state index in [1.54, 1.807) is 0 Å². The van der Waals surface area contributed by atoms with Gasteiger partial charge in [-0.25, -0.2) is 0 Å². The Hall–Kier alpha value is -0.0400. The van der Waals surface area contributed by atoms with E-state index < -0.39 is 0 Å². The summed E-state index contributed by atoms with van der Waals surface area (Å²) in [4.78, 5) is 0. The van der Waals surface area contributed by atoms with Gasteiger partial charge in [-0.3, -0.25) is 0 Å². The summed E-state index contributed by atoms with van der Waals surface area (Å²) in [6, 6.07) is 1.44. The van der Waals surface area contributed by atoms with Crippen LogP contribution in [0.25, 0.3) is 0 Å². The molecule has 1 heteroatoms. The molecule has 1 fully saturated rings. The van der Waals surface area contributed by atoms with Crippen LogP contribution in [-0.4, -0.2) is 12.1 Å². The summed E-state index contributed by atoms with van der Waals surface area (Å²) in [7, 11) is 0. The first-order chi connectivity index (χ1) is 9.57. The second kappa shape index (κ2) is 9.07. The fraction of sp³-hybridized carbons (Fsp3) is 1.00. The highest BCUT2D eigenvalue weighted by molar-refractivity contribution is 4.87. The molecule has 20 heavy (non-hydrogen) atoms. The first kappa shape index (κ1) is 18.0. The van der Waals surface area contributed by atoms with E-state index >= 15 is 0 Å². The zero-order valence-electron chi connectivity index (χ0n) is 14.9. The highest BCUT2D eigenvalue weighted by Gasteiger charge is 2.31. The molecule has 1 aliphatic rings. The van der Waals surface area contributed by atoms with Gasteiger partial charge in [-0.1, -0.05) is 60.3 Å². The molecule has 0 amide bonds. The molecule has 1 rings (SSSR count). The summed E-state index contributed by atoms with van der Waals surface area (Å²) < 4.78 is 0. The SMILES string of the molecule is CCC(CC)C1CCC(NC(C)C(CC)CC)C(C)C1. The molecule has 0 aromatic heterocycles. The topological polar surface area (TPSA) is 12.0 Å². The summed E-state index contributed by atoms with van der Waals surface area (Å²) in [5, 5.41) is 3.97. The van der Waals surface area contributed by atoms with Gasteiger partial charge in [0.05, 0.1) is 0 Å². The maximum atomic E-state index is 3.97. The van der Waals surface area contributed by atoms with E-state index in [2.05, 4.69) is 46.9 Å². The molecule has 0 radical (unpaired) electrons. The molecule has 0 aromatic rings. The van der Waals surface area contributed by atoms with Gasteiger partial charge in [-0.05, 0) is 49.9 Å². The number of nitrogens with one attached hydrogen (secondary N) is 1. The molecule has 1 N–H and O–H groups in total. The third kappa shape index (κ3) is 4.76. The second-order valence-electron chi connectivity index (χ2n) is 7.27. The van der Waals surface area contributed by atoms with Crippen molar-refractivity contribution in [1.82, 2.24) is 5.32 Å². The predicted octanol–water partition coefficient (Wildman–Crippen LogP) is 5.64. The van der Waals surface area contributed by atoms with Crippen LogP contribution in [0.15, 0.2) is 0 Å². The lowest BCUT2D eigenvalue weighted by molar-refractivity contribution is 0.144. The van der Waals surface area contributed by atoms with Crippen molar-refractivity contribution in [3.8, 4) is 0 Å². The average molecular weight is 282 g/mol. The third-order valence-corrected chi connectivity index (χ3v) is 6.16. The monoisotopic (exact) mass is 281 g/mol. The van der Waals surface area contributed by atoms with E-state index in [1.165, 1.54) is 44.9 Å². The second-order valence-corrected chi connectivity index (χ2v) is 7.27. The smallest absolute Gasteiger partial charge is 0.00954 e. The van der Waals surface area contributed by atoms with Crippen LogP contribution in [0, 0.1) is 23.7 Å². The number of rotatable bonds is 8. The fourth-order valence-electron chi connectivity index (χ4n) is 4.54. The lowest BCUT2D eigenvalue weighted by atomic mass is 9.71. The van der Waals surface area contributed by atoms with E-state index in [4.69, 9.17) is 0 Å². The zero-order chi connectivity index (χ0) is 15.1. The quantitative estimate of drug-likeness (QED) is 0.607. The fourth-order valence-corrected chi connectivity index (χ4v) is 4.54. The Morgan fingerprint density at radius 1 is 0.950 bits per heavy atom. The summed E-state index contributed by atoms with van der Waals surface area (Å²) in [5.41, 5.74) is 0. The van der Waals surface area contributed by atoms with E-state index in [9.17, 15) is 0 Å². The van der Waals surface area contributed by atoms with Crippen molar-refractivity contribution < 1.29 is 0 Å². The molecule has 1 nitrogen and oxygen atoms in total. The van der Waals surface area contributed by atoms with Gasteiger partial charge in [0.25, 0.3) is 0 Å². The van der Waals surface area contributed by atoms with Gasteiger partial charge < -0.3 is 5.32 Å². The van der Waals surface area contributed by atoms with Gasteiger partial charge in [0.15, 0.2) is 0 Å². The van der Waals surface area contributed by atoms with Crippen LogP contribution in [0.1, 0.15) is 86.5 Å². The van der Waals surface area contributed by atoms with Crippen molar-refractivity contribution in [3.05, 3.63) is 0 Å². The van der Waals surface area contributed by atoms with Crippen molar-refractivity contribution in [3.63, 3.8) is 0 Å². The molecule has 4 atom stereocenters. The summed E-state index contributed by atoms with van der Waals surface area (Å²) in [5.74, 6) is 3.65. The molecule has 1 saturated carbocycles.